The number of imidazole rings is 1. The number of carbonyl (C=O) groups excluding carboxylic acids is 3. The lowest BCUT2D eigenvalue weighted by Crippen LogP contribution is -2.37. The molecule has 3 fully saturated rings. The number of nitrogens with one attached hydrogen (secondary N) is 1. The molecule has 14 nitrogen and oxygen atoms in total. The number of likely N-dealkylation sites (tertiary alicyclic amines) is 1. The first-order valence-corrected chi connectivity index (χ1v) is 25.4. The predicted molar refractivity (Wildman–Crippen MR) is 268 cm³/mol. The van der Waals surface area contributed by atoms with Crippen molar-refractivity contribution in [1.29, 1.82) is 0 Å². The van der Waals surface area contributed by atoms with Gasteiger partial charge in [-0.15, -0.1) is 10.2 Å². The number of ether oxygens (including phenoxy) is 1. The normalized spacial score (nSPS) is 17.1. The SMILES string of the molecule is C1CCC1.CNC(=O)CCC(C=O)N1Cc2cc(N3CCC(Cc4ccc(COC5CCN(Cc6cc(C(F)(F)F)c7cn(-c8cccc(Cc9nncn9C)c8)c(=O)n7c6)CC5)cc4)CC3)ccc2C1=O. The van der Waals surface area contributed by atoms with Crippen molar-refractivity contribution in [3.8, 4) is 5.69 Å². The third kappa shape index (κ3) is 11.8. The quantitative estimate of drug-likeness (QED) is 0.0955. The Labute approximate surface area is 417 Å². The number of hydrogen-bond acceptors (Lipinski definition) is 9. The van der Waals surface area contributed by atoms with Crippen LogP contribution in [0.4, 0.5) is 18.9 Å². The van der Waals surface area contributed by atoms with E-state index in [-0.39, 0.29) is 42.8 Å². The van der Waals surface area contributed by atoms with Crippen molar-refractivity contribution in [2.24, 2.45) is 13.0 Å². The molecule has 380 valence electrons. The Morgan fingerprint density at radius 3 is 2.26 bits per heavy atom. The minimum absolute atomic E-state index is 0.0315. The van der Waals surface area contributed by atoms with E-state index in [9.17, 15) is 32.3 Å². The van der Waals surface area contributed by atoms with Crippen molar-refractivity contribution in [2.75, 3.05) is 38.1 Å². The van der Waals surface area contributed by atoms with Crippen molar-refractivity contribution in [1.82, 2.24) is 38.8 Å². The number of benzene rings is 3. The van der Waals surface area contributed by atoms with Crippen LogP contribution < -0.4 is 15.9 Å². The van der Waals surface area contributed by atoms with Crippen molar-refractivity contribution >= 4 is 29.3 Å². The number of amides is 2. The summed E-state index contributed by atoms with van der Waals surface area (Å²) in [7, 11) is 3.39. The van der Waals surface area contributed by atoms with Crippen LogP contribution in [0.3, 0.4) is 0 Å². The molecule has 2 amide bonds. The molecule has 3 aromatic carbocycles. The van der Waals surface area contributed by atoms with Crippen molar-refractivity contribution < 1.29 is 32.3 Å². The van der Waals surface area contributed by atoms with Gasteiger partial charge < -0.3 is 29.2 Å². The maximum absolute atomic E-state index is 14.5. The molecule has 17 heteroatoms. The Hall–Kier alpha value is -6.59. The minimum Gasteiger partial charge on any atom is -0.373 e. The van der Waals surface area contributed by atoms with Gasteiger partial charge in [-0.1, -0.05) is 62.1 Å². The number of carbonyl (C=O) groups is 3. The van der Waals surface area contributed by atoms with Gasteiger partial charge >= 0.3 is 11.9 Å². The van der Waals surface area contributed by atoms with Crippen LogP contribution in [-0.2, 0) is 60.1 Å². The summed E-state index contributed by atoms with van der Waals surface area (Å²) in [5.41, 5.74) is 5.09. The number of aryl methyl sites for hydroxylation is 1. The van der Waals surface area contributed by atoms with E-state index in [1.165, 1.54) is 54.3 Å². The van der Waals surface area contributed by atoms with Crippen LogP contribution in [0, 0.1) is 5.92 Å². The highest BCUT2D eigenvalue weighted by molar-refractivity contribution is 6.00. The molecular formula is C55H64F3N9O5. The number of pyridine rings is 1. The van der Waals surface area contributed by atoms with E-state index < -0.39 is 23.5 Å². The summed E-state index contributed by atoms with van der Waals surface area (Å²) >= 11 is 0. The first-order valence-electron chi connectivity index (χ1n) is 25.4. The Bertz CT molecular complexity index is 2900. The number of aromatic nitrogens is 5. The molecule has 10 rings (SSSR count). The molecule has 72 heavy (non-hydrogen) atoms. The average molecular weight is 988 g/mol. The maximum atomic E-state index is 14.5. The average Bonchev–Trinajstić information content (AvgIpc) is 4.03. The van der Waals surface area contributed by atoms with E-state index in [1.807, 2.05) is 25.2 Å². The second kappa shape index (κ2) is 22.4. The molecule has 3 aromatic heterocycles. The smallest absolute Gasteiger partial charge is 0.373 e. The van der Waals surface area contributed by atoms with Gasteiger partial charge in [0.25, 0.3) is 5.91 Å². The van der Waals surface area contributed by atoms with Gasteiger partial charge in [-0.05, 0) is 109 Å². The summed E-state index contributed by atoms with van der Waals surface area (Å²) in [6.45, 7) is 4.25. The molecule has 0 spiro atoms. The van der Waals surface area contributed by atoms with E-state index in [0.29, 0.717) is 55.4 Å². The molecule has 6 heterocycles. The Morgan fingerprint density at radius 2 is 1.60 bits per heavy atom. The van der Waals surface area contributed by atoms with Gasteiger partial charge in [0, 0.05) is 89.9 Å². The molecule has 3 aliphatic heterocycles. The molecule has 1 unspecified atom stereocenters. The number of halogens is 3. The maximum Gasteiger partial charge on any atom is 0.418 e. The Balaban J connectivity index is 0.00000152. The molecule has 6 aromatic rings. The van der Waals surface area contributed by atoms with Crippen LogP contribution in [0.2, 0.25) is 0 Å². The zero-order valence-electron chi connectivity index (χ0n) is 41.2. The molecule has 0 radical (unpaired) electrons. The predicted octanol–water partition coefficient (Wildman–Crippen LogP) is 8.08. The fourth-order valence-corrected chi connectivity index (χ4v) is 10.2. The van der Waals surface area contributed by atoms with Crippen LogP contribution in [0.5, 0.6) is 0 Å². The molecule has 2 saturated heterocycles. The highest BCUT2D eigenvalue weighted by Crippen LogP contribution is 2.35. The zero-order valence-corrected chi connectivity index (χ0v) is 41.2. The molecule has 1 aliphatic carbocycles. The molecule has 0 bridgehead atoms. The summed E-state index contributed by atoms with van der Waals surface area (Å²) in [6.07, 6.45) is 12.0. The monoisotopic (exact) mass is 987 g/mol. The number of aldehydes is 1. The highest BCUT2D eigenvalue weighted by Gasteiger charge is 2.36. The Kier molecular flexibility index (Phi) is 15.7. The first kappa shape index (κ1) is 50.4. The third-order valence-corrected chi connectivity index (χ3v) is 14.9. The van der Waals surface area contributed by atoms with Gasteiger partial charge in [0.2, 0.25) is 5.91 Å². The number of alkyl halides is 3. The third-order valence-electron chi connectivity index (χ3n) is 14.9. The summed E-state index contributed by atoms with van der Waals surface area (Å²) in [6, 6.07) is 22.2. The van der Waals surface area contributed by atoms with Gasteiger partial charge in [0.1, 0.15) is 18.4 Å². The van der Waals surface area contributed by atoms with Gasteiger partial charge in [0.05, 0.1) is 35.5 Å². The first-order chi connectivity index (χ1) is 34.8. The molecule has 1 atom stereocenters. The lowest BCUT2D eigenvalue weighted by atomic mass is 9.89. The summed E-state index contributed by atoms with van der Waals surface area (Å²) in [5.74, 6) is 0.940. The Morgan fingerprint density at radius 1 is 0.861 bits per heavy atom. The fraction of sp³-hybridized carbons (Fsp3) is 0.455. The zero-order chi connectivity index (χ0) is 50.4. The number of piperidine rings is 2. The van der Waals surface area contributed by atoms with E-state index in [4.69, 9.17) is 4.74 Å². The highest BCUT2D eigenvalue weighted by atomic mass is 19.4. The van der Waals surface area contributed by atoms with E-state index in [1.54, 1.807) is 41.0 Å². The van der Waals surface area contributed by atoms with Crippen LogP contribution in [0.1, 0.15) is 114 Å². The number of fused-ring (bicyclic) bond motifs is 2. The van der Waals surface area contributed by atoms with Crippen LogP contribution >= 0.6 is 0 Å². The van der Waals surface area contributed by atoms with E-state index >= 15 is 0 Å². The molecular weight excluding hydrogens is 924 g/mol. The van der Waals surface area contributed by atoms with Crippen molar-refractivity contribution in [3.63, 3.8) is 0 Å². The number of hydrogen-bond donors (Lipinski definition) is 1. The summed E-state index contributed by atoms with van der Waals surface area (Å²) in [5, 5.41) is 10.6. The van der Waals surface area contributed by atoms with E-state index in [0.717, 1.165) is 84.1 Å². The fourth-order valence-electron chi connectivity index (χ4n) is 10.2. The number of rotatable bonds is 16. The van der Waals surface area contributed by atoms with Crippen molar-refractivity contribution in [2.45, 2.75) is 115 Å². The molecule has 4 aliphatic rings. The van der Waals surface area contributed by atoms with E-state index in [2.05, 4.69) is 55.6 Å². The molecule has 1 saturated carbocycles. The molecule has 1 N–H and O–H groups in total. The second-order valence-corrected chi connectivity index (χ2v) is 19.8. The lowest BCUT2D eigenvalue weighted by Gasteiger charge is -2.34. The minimum atomic E-state index is -4.66. The standard InChI is InChI=1S/C51H56F3N9O5.C4H8/c1-55-48(65)13-11-42(31-64)61-29-39-26-40(10-12-44(39)49(61)66)60-20-14-35(15-21-60)22-34-6-8-36(9-7-34)32-68-43-16-18-59(19-17-43)27-38-24-45(51(52,53)54)46-30-62(50(67)63(46)28-38)41-5-3-4-37(23-41)25-47-57-56-33-58(47)2;1-2-4-3-1/h3-10,12,23-24,26,28,30-31,33,35,42-43H,11,13-22,25,27,29,32H2,1-2H3,(H,55,65);1-4H2. The second-order valence-electron chi connectivity index (χ2n) is 19.8. The van der Waals surface area contributed by atoms with Gasteiger partial charge in [-0.25, -0.2) is 4.79 Å². The summed E-state index contributed by atoms with van der Waals surface area (Å²) in [4.78, 5) is 56.5. The van der Waals surface area contributed by atoms with Crippen LogP contribution in [0.15, 0.2) is 96.3 Å². The van der Waals surface area contributed by atoms with Crippen LogP contribution in [0.25, 0.3) is 11.2 Å². The largest absolute Gasteiger partial charge is 0.418 e. The van der Waals surface area contributed by atoms with Gasteiger partial charge in [-0.2, -0.15) is 13.2 Å². The van der Waals surface area contributed by atoms with Gasteiger partial charge in [0.15, 0.2) is 0 Å². The number of anilines is 1. The van der Waals surface area contributed by atoms with Gasteiger partial charge in [-0.3, -0.25) is 23.5 Å². The summed E-state index contributed by atoms with van der Waals surface area (Å²) < 4.78 is 54.0. The van der Waals surface area contributed by atoms with Crippen LogP contribution in [-0.4, -0.2) is 97.0 Å². The lowest BCUT2D eigenvalue weighted by molar-refractivity contribution is -0.136. The number of nitrogens with zero attached hydrogens (tertiary/aromatic N) is 8. The van der Waals surface area contributed by atoms with Crippen molar-refractivity contribution in [3.05, 3.63) is 147 Å². The topological polar surface area (TPSA) is 139 Å².